The highest BCUT2D eigenvalue weighted by Gasteiger charge is 2.35. The Kier molecular flexibility index (Phi) is 11.6. The summed E-state index contributed by atoms with van der Waals surface area (Å²) in [6.45, 7) is 5.13. The van der Waals surface area contributed by atoms with E-state index in [1.807, 2.05) is 20.8 Å². The van der Waals surface area contributed by atoms with Gasteiger partial charge in [0.2, 0.25) is 11.8 Å². The van der Waals surface area contributed by atoms with Gasteiger partial charge in [-0.2, -0.15) is 0 Å². The lowest BCUT2D eigenvalue weighted by molar-refractivity contribution is -0.140. The van der Waals surface area contributed by atoms with Crippen LogP contribution in [0.15, 0.2) is 77.7 Å². The number of carbonyl (C=O) groups excluding carboxylic acids is 2. The Morgan fingerprint density at radius 2 is 1.60 bits per heavy atom. The lowest BCUT2D eigenvalue weighted by Crippen LogP contribution is -2.53. The third kappa shape index (κ3) is 7.95. The average Bonchev–Trinajstić information content (AvgIpc) is 3.00. The van der Waals surface area contributed by atoms with E-state index in [-0.39, 0.29) is 39.8 Å². The molecule has 0 aliphatic rings. The molecule has 0 bridgehead atoms. The highest BCUT2D eigenvalue weighted by atomic mass is 35.5. The van der Waals surface area contributed by atoms with Crippen molar-refractivity contribution in [1.82, 2.24) is 10.2 Å². The molecule has 0 fully saturated rings. The van der Waals surface area contributed by atoms with E-state index in [1.54, 1.807) is 61.7 Å². The van der Waals surface area contributed by atoms with Gasteiger partial charge in [0.15, 0.2) is 0 Å². The Morgan fingerprint density at radius 1 is 0.929 bits per heavy atom. The Labute approximate surface area is 253 Å². The minimum absolute atomic E-state index is 0.0110. The highest BCUT2D eigenvalue weighted by Crippen LogP contribution is 2.35. The summed E-state index contributed by atoms with van der Waals surface area (Å²) in [5.74, 6) is -0.0219. The summed E-state index contributed by atoms with van der Waals surface area (Å²) in [4.78, 5) is 29.0. The van der Waals surface area contributed by atoms with Crippen LogP contribution in [0.4, 0.5) is 5.69 Å². The van der Waals surface area contributed by atoms with E-state index in [9.17, 15) is 18.0 Å². The normalized spacial score (nSPS) is 12.6. The molecule has 2 amide bonds. The van der Waals surface area contributed by atoms with Gasteiger partial charge in [0.25, 0.3) is 10.0 Å². The SMILES string of the molecule is CC[C@H](C)NC(=O)[C@H](CC)N(Cc1ccc(OC)cc1)C(=O)CN(c1cc(Cl)ccc1OC)S(=O)(=O)c1ccccc1. The number of hydrogen-bond donors (Lipinski definition) is 1. The largest absolute Gasteiger partial charge is 0.497 e. The van der Waals surface area contributed by atoms with Crippen molar-refractivity contribution in [3.63, 3.8) is 0 Å². The summed E-state index contributed by atoms with van der Waals surface area (Å²) in [5.41, 5.74) is 0.848. The number of methoxy groups -OCH3 is 2. The smallest absolute Gasteiger partial charge is 0.264 e. The Balaban J connectivity index is 2.11. The van der Waals surface area contributed by atoms with Gasteiger partial charge in [0.1, 0.15) is 24.1 Å². The Bertz CT molecular complexity index is 1450. The van der Waals surface area contributed by atoms with Crippen molar-refractivity contribution in [2.75, 3.05) is 25.1 Å². The predicted molar refractivity (Wildman–Crippen MR) is 164 cm³/mol. The van der Waals surface area contributed by atoms with E-state index < -0.39 is 28.5 Å². The number of halogens is 1. The lowest BCUT2D eigenvalue weighted by Gasteiger charge is -2.34. The molecule has 0 aliphatic carbocycles. The molecule has 3 aromatic carbocycles. The van der Waals surface area contributed by atoms with Gasteiger partial charge in [-0.05, 0) is 67.8 Å². The van der Waals surface area contributed by atoms with Gasteiger partial charge in [0.05, 0.1) is 24.8 Å². The van der Waals surface area contributed by atoms with Crippen LogP contribution >= 0.6 is 11.6 Å². The van der Waals surface area contributed by atoms with Gasteiger partial charge in [0, 0.05) is 17.6 Å². The molecular weight excluding hydrogens is 578 g/mol. The first kappa shape index (κ1) is 32.8. The van der Waals surface area contributed by atoms with Crippen LogP contribution in [0.5, 0.6) is 11.5 Å². The topological polar surface area (TPSA) is 105 Å². The maximum Gasteiger partial charge on any atom is 0.264 e. The summed E-state index contributed by atoms with van der Waals surface area (Å²) < 4.78 is 39.7. The molecule has 3 rings (SSSR count). The number of nitrogens with zero attached hydrogens (tertiary/aromatic N) is 2. The Morgan fingerprint density at radius 3 is 2.17 bits per heavy atom. The van der Waals surface area contributed by atoms with Crippen molar-refractivity contribution in [3.8, 4) is 11.5 Å². The molecule has 226 valence electrons. The number of hydrogen-bond acceptors (Lipinski definition) is 6. The number of benzene rings is 3. The molecule has 0 saturated carbocycles. The van der Waals surface area contributed by atoms with Crippen LogP contribution in [0.3, 0.4) is 0 Å². The van der Waals surface area contributed by atoms with E-state index in [2.05, 4.69) is 5.32 Å². The zero-order valence-electron chi connectivity index (χ0n) is 24.5. The van der Waals surface area contributed by atoms with Crippen LogP contribution in [-0.4, -0.2) is 58.0 Å². The number of ether oxygens (including phenoxy) is 2. The molecule has 0 radical (unpaired) electrons. The van der Waals surface area contributed by atoms with E-state index in [1.165, 1.54) is 30.2 Å². The molecule has 0 aliphatic heterocycles. The van der Waals surface area contributed by atoms with Crippen molar-refractivity contribution in [2.45, 2.75) is 57.1 Å². The molecule has 0 aromatic heterocycles. The zero-order chi connectivity index (χ0) is 30.9. The van der Waals surface area contributed by atoms with E-state index in [4.69, 9.17) is 21.1 Å². The van der Waals surface area contributed by atoms with Crippen LogP contribution in [0.1, 0.15) is 39.2 Å². The van der Waals surface area contributed by atoms with Gasteiger partial charge in [-0.1, -0.05) is 55.8 Å². The fourth-order valence-electron chi connectivity index (χ4n) is 4.38. The summed E-state index contributed by atoms with van der Waals surface area (Å²) in [5, 5.41) is 3.23. The Hall–Kier alpha value is -3.76. The molecule has 42 heavy (non-hydrogen) atoms. The summed E-state index contributed by atoms with van der Waals surface area (Å²) in [7, 11) is -1.29. The van der Waals surface area contributed by atoms with Crippen molar-refractivity contribution >= 4 is 39.1 Å². The minimum Gasteiger partial charge on any atom is -0.497 e. The van der Waals surface area contributed by atoms with Crippen molar-refractivity contribution < 1.29 is 27.5 Å². The number of nitrogens with one attached hydrogen (secondary N) is 1. The van der Waals surface area contributed by atoms with Crippen molar-refractivity contribution in [1.29, 1.82) is 0 Å². The number of amides is 2. The summed E-state index contributed by atoms with van der Waals surface area (Å²) >= 11 is 6.29. The lowest BCUT2D eigenvalue weighted by atomic mass is 10.1. The van der Waals surface area contributed by atoms with Crippen LogP contribution in [0, 0.1) is 0 Å². The minimum atomic E-state index is -4.26. The van der Waals surface area contributed by atoms with Crippen LogP contribution in [0.25, 0.3) is 0 Å². The first-order chi connectivity index (χ1) is 20.0. The fraction of sp³-hybridized carbons (Fsp3) is 0.355. The molecule has 0 spiro atoms. The van der Waals surface area contributed by atoms with Crippen LogP contribution in [-0.2, 0) is 26.2 Å². The van der Waals surface area contributed by atoms with E-state index in [0.29, 0.717) is 18.6 Å². The molecule has 1 N–H and O–H groups in total. The predicted octanol–water partition coefficient (Wildman–Crippen LogP) is 5.27. The maximum absolute atomic E-state index is 14.2. The quantitative estimate of drug-likeness (QED) is 0.265. The molecule has 11 heteroatoms. The van der Waals surface area contributed by atoms with Crippen LogP contribution in [0.2, 0.25) is 5.02 Å². The standard InChI is InChI=1S/C31H38ClN3O6S/c1-6-22(3)33-31(37)27(7-2)34(20-23-13-16-25(40-4)17-14-23)30(36)21-35(28-19-24(32)15-18-29(28)41-5)42(38,39)26-11-9-8-10-12-26/h8-19,22,27H,6-7,20-21H2,1-5H3,(H,33,37)/t22-,27-/m0/s1. The third-order valence-electron chi connectivity index (χ3n) is 6.92. The van der Waals surface area contributed by atoms with Gasteiger partial charge in [-0.3, -0.25) is 13.9 Å². The average molecular weight is 616 g/mol. The van der Waals surface area contributed by atoms with Crippen LogP contribution < -0.4 is 19.1 Å². The molecule has 9 nitrogen and oxygen atoms in total. The second-order valence-electron chi connectivity index (χ2n) is 9.75. The number of sulfonamides is 1. The second kappa shape index (κ2) is 14.9. The van der Waals surface area contributed by atoms with Crippen molar-refractivity contribution in [2.24, 2.45) is 0 Å². The van der Waals surface area contributed by atoms with Gasteiger partial charge in [-0.25, -0.2) is 8.42 Å². The summed E-state index contributed by atoms with van der Waals surface area (Å²) in [6.07, 6.45) is 1.03. The first-order valence-corrected chi connectivity index (χ1v) is 15.5. The van der Waals surface area contributed by atoms with E-state index in [0.717, 1.165) is 9.87 Å². The summed E-state index contributed by atoms with van der Waals surface area (Å²) in [6, 6.07) is 18.5. The van der Waals surface area contributed by atoms with E-state index >= 15 is 0 Å². The number of carbonyl (C=O) groups is 2. The molecule has 2 atom stereocenters. The monoisotopic (exact) mass is 615 g/mol. The van der Waals surface area contributed by atoms with Crippen molar-refractivity contribution in [3.05, 3.63) is 83.4 Å². The number of rotatable bonds is 14. The van der Waals surface area contributed by atoms with Gasteiger partial charge in [-0.15, -0.1) is 0 Å². The number of anilines is 1. The highest BCUT2D eigenvalue weighted by molar-refractivity contribution is 7.92. The zero-order valence-corrected chi connectivity index (χ0v) is 26.1. The molecule has 0 unspecified atom stereocenters. The molecule has 0 saturated heterocycles. The molecule has 0 heterocycles. The first-order valence-electron chi connectivity index (χ1n) is 13.7. The molecule has 3 aromatic rings. The van der Waals surface area contributed by atoms with Gasteiger partial charge >= 0.3 is 0 Å². The maximum atomic E-state index is 14.2. The third-order valence-corrected chi connectivity index (χ3v) is 8.93. The fourth-order valence-corrected chi connectivity index (χ4v) is 5.98. The molecular formula is C31H38ClN3O6S. The van der Waals surface area contributed by atoms with Gasteiger partial charge < -0.3 is 19.7 Å². The second-order valence-corrected chi connectivity index (χ2v) is 12.1.